The maximum atomic E-state index is 13.3. The summed E-state index contributed by atoms with van der Waals surface area (Å²) in [6.45, 7) is 3.37. The number of anilines is 2. The molecule has 11 heteroatoms. The minimum Gasteiger partial charge on any atom is -0.371 e. The van der Waals surface area contributed by atoms with Gasteiger partial charge >= 0.3 is 0 Å². The second-order valence-electron chi connectivity index (χ2n) is 14.7. The summed E-state index contributed by atoms with van der Waals surface area (Å²) in [5.74, 6) is 0.232. The third kappa shape index (κ3) is 6.74. The highest BCUT2D eigenvalue weighted by Gasteiger charge is 2.40. The van der Waals surface area contributed by atoms with E-state index < -0.39 is 6.04 Å². The van der Waals surface area contributed by atoms with Crippen molar-refractivity contribution in [3.8, 4) is 0 Å². The first-order valence-electron chi connectivity index (χ1n) is 18.4. The number of H-pyrrole nitrogens is 1. The van der Waals surface area contributed by atoms with Crippen LogP contribution in [0.2, 0.25) is 0 Å². The van der Waals surface area contributed by atoms with E-state index in [9.17, 15) is 19.2 Å². The summed E-state index contributed by atoms with van der Waals surface area (Å²) in [4.78, 5) is 64.9. The molecule has 0 bridgehead atoms. The zero-order valence-corrected chi connectivity index (χ0v) is 29.1. The van der Waals surface area contributed by atoms with Crippen molar-refractivity contribution in [1.29, 1.82) is 0 Å². The van der Waals surface area contributed by atoms with Gasteiger partial charge in [0.2, 0.25) is 11.8 Å². The molecular formula is C40H45N7O4. The molecular weight excluding hydrogens is 642 g/mol. The summed E-state index contributed by atoms with van der Waals surface area (Å²) < 4.78 is 0. The van der Waals surface area contributed by atoms with Gasteiger partial charge in [-0.05, 0) is 107 Å². The predicted octanol–water partition coefficient (Wildman–Crippen LogP) is 5.58. The number of aromatic nitrogens is 2. The number of amides is 4. The molecule has 6 heterocycles. The third-order valence-corrected chi connectivity index (χ3v) is 11.5. The van der Waals surface area contributed by atoms with E-state index in [1.54, 1.807) is 4.90 Å². The van der Waals surface area contributed by atoms with Gasteiger partial charge in [-0.2, -0.15) is 0 Å². The van der Waals surface area contributed by atoms with Gasteiger partial charge in [-0.15, -0.1) is 0 Å². The monoisotopic (exact) mass is 687 g/mol. The Morgan fingerprint density at radius 3 is 2.55 bits per heavy atom. The Morgan fingerprint density at radius 2 is 1.78 bits per heavy atom. The number of carbonyl (C=O) groups is 4. The number of pyridine rings is 1. The molecule has 0 radical (unpaired) electrons. The number of hydrogen-bond acceptors (Lipinski definition) is 7. The number of piperidine rings is 2. The van der Waals surface area contributed by atoms with Gasteiger partial charge in [0.25, 0.3) is 11.8 Å². The van der Waals surface area contributed by atoms with Crippen LogP contribution in [-0.4, -0.2) is 76.1 Å². The van der Waals surface area contributed by atoms with Crippen LogP contribution in [0.5, 0.6) is 0 Å². The highest BCUT2D eigenvalue weighted by molar-refractivity contribution is 6.06. The Bertz CT molecular complexity index is 1980. The van der Waals surface area contributed by atoms with Crippen molar-refractivity contribution in [2.24, 2.45) is 5.92 Å². The van der Waals surface area contributed by atoms with E-state index in [0.29, 0.717) is 41.9 Å². The number of fused-ring (bicyclic) bond motifs is 2. The van der Waals surface area contributed by atoms with E-state index in [1.807, 2.05) is 36.5 Å². The number of nitrogens with one attached hydrogen (secondary N) is 3. The number of aryl methyl sites for hydroxylation is 1. The summed E-state index contributed by atoms with van der Waals surface area (Å²) in [6, 6.07) is 17.7. The third-order valence-electron chi connectivity index (χ3n) is 11.5. The number of likely N-dealkylation sites (tertiary alicyclic amines) is 1. The van der Waals surface area contributed by atoms with E-state index in [1.165, 1.54) is 17.7 Å². The lowest BCUT2D eigenvalue weighted by atomic mass is 9.90. The molecule has 4 aliphatic rings. The number of imide groups is 1. The SMILES string of the molecule is CN1CCC[C@@H]1c1cc2cnc(NC(=O)c3ccc(CCCC4CCN(c5cccc6c5CN(C5CCC(=O)NC5=O)C6=O)CC4)cc3)cc2[nH]1. The van der Waals surface area contributed by atoms with E-state index >= 15 is 0 Å². The quantitative estimate of drug-likeness (QED) is 0.196. The topological polar surface area (TPSA) is 131 Å². The zero-order chi connectivity index (χ0) is 35.1. The molecule has 3 fully saturated rings. The number of aromatic amines is 1. The molecule has 2 atom stereocenters. The number of nitrogens with zero attached hydrogens (tertiary/aromatic N) is 4. The Morgan fingerprint density at radius 1 is 0.961 bits per heavy atom. The van der Waals surface area contributed by atoms with Crippen LogP contribution in [0.1, 0.15) is 94.9 Å². The van der Waals surface area contributed by atoms with Crippen LogP contribution in [0.15, 0.2) is 60.8 Å². The fourth-order valence-electron chi connectivity index (χ4n) is 8.53. The fraction of sp³-hybridized carbons (Fsp3) is 0.425. The number of rotatable bonds is 9. The minimum atomic E-state index is -0.602. The molecule has 3 N–H and O–H groups in total. The van der Waals surface area contributed by atoms with Gasteiger partial charge in [-0.25, -0.2) is 4.98 Å². The normalized spacial score (nSPS) is 21.4. The first-order valence-corrected chi connectivity index (χ1v) is 18.4. The van der Waals surface area contributed by atoms with Crippen LogP contribution >= 0.6 is 0 Å². The van der Waals surface area contributed by atoms with Gasteiger partial charge in [0.1, 0.15) is 11.9 Å². The van der Waals surface area contributed by atoms with Crippen molar-refractivity contribution in [3.05, 3.63) is 88.7 Å². The second kappa shape index (κ2) is 13.9. The van der Waals surface area contributed by atoms with Gasteiger partial charge in [-0.1, -0.05) is 18.2 Å². The zero-order valence-electron chi connectivity index (χ0n) is 29.1. The van der Waals surface area contributed by atoms with Crippen molar-refractivity contribution in [2.75, 3.05) is 36.9 Å². The van der Waals surface area contributed by atoms with E-state index in [0.717, 1.165) is 80.3 Å². The maximum absolute atomic E-state index is 13.3. The molecule has 264 valence electrons. The fourth-order valence-corrected chi connectivity index (χ4v) is 8.53. The molecule has 3 saturated heterocycles. The van der Waals surface area contributed by atoms with Crippen LogP contribution in [0.25, 0.3) is 10.9 Å². The van der Waals surface area contributed by atoms with Crippen molar-refractivity contribution in [3.63, 3.8) is 0 Å². The standard InChI is InChI=1S/C40H45N7O4/c1-45-18-4-9-34(45)32-21-28-23-41-36(22-31(28)42-32)43-38(49)27-12-10-25(11-13-27)5-2-6-26-16-19-46(20-17-26)33-8-3-7-29-30(33)24-47(40(29)51)35-14-15-37(48)44-39(35)50/h3,7-8,10-13,21-23,26,34-35,42H,2,4-6,9,14-20,24H2,1H3,(H,41,43,49)(H,44,48,50)/t34-,35?/m1/s1. The Balaban J connectivity index is 0.803. The van der Waals surface area contributed by atoms with Crippen molar-refractivity contribution in [1.82, 2.24) is 25.1 Å². The van der Waals surface area contributed by atoms with Gasteiger partial charge in [0, 0.05) is 77.8 Å². The van der Waals surface area contributed by atoms with Crippen LogP contribution in [-0.2, 0) is 22.6 Å². The molecule has 0 spiro atoms. The highest BCUT2D eigenvalue weighted by atomic mass is 16.2. The summed E-state index contributed by atoms with van der Waals surface area (Å²) in [5.41, 5.74) is 6.76. The van der Waals surface area contributed by atoms with E-state index in [-0.39, 0.29) is 30.0 Å². The molecule has 4 aromatic rings. The van der Waals surface area contributed by atoms with Crippen LogP contribution < -0.4 is 15.5 Å². The number of benzene rings is 2. The summed E-state index contributed by atoms with van der Waals surface area (Å²) >= 11 is 0. The summed E-state index contributed by atoms with van der Waals surface area (Å²) in [7, 11) is 2.16. The molecule has 0 aliphatic carbocycles. The van der Waals surface area contributed by atoms with Crippen LogP contribution in [0, 0.1) is 5.92 Å². The van der Waals surface area contributed by atoms with Gasteiger partial charge in [0.15, 0.2) is 0 Å². The summed E-state index contributed by atoms with van der Waals surface area (Å²) in [5, 5.41) is 6.40. The average Bonchev–Trinajstić information content (AvgIpc) is 3.85. The largest absolute Gasteiger partial charge is 0.371 e. The lowest BCUT2D eigenvalue weighted by Gasteiger charge is -2.35. The molecule has 4 aliphatic heterocycles. The Hall–Kier alpha value is -5.03. The molecule has 4 amide bonds. The van der Waals surface area contributed by atoms with Crippen molar-refractivity contribution in [2.45, 2.75) is 76.4 Å². The first-order chi connectivity index (χ1) is 24.8. The smallest absolute Gasteiger partial charge is 0.256 e. The van der Waals surface area contributed by atoms with Gasteiger partial charge in [-0.3, -0.25) is 29.4 Å². The molecule has 11 nitrogen and oxygen atoms in total. The molecule has 2 aromatic carbocycles. The van der Waals surface area contributed by atoms with E-state index in [4.69, 9.17) is 0 Å². The molecule has 2 aromatic heterocycles. The average molecular weight is 688 g/mol. The predicted molar refractivity (Wildman–Crippen MR) is 195 cm³/mol. The van der Waals surface area contributed by atoms with Crippen LogP contribution in [0.3, 0.4) is 0 Å². The second-order valence-corrected chi connectivity index (χ2v) is 14.7. The molecule has 8 rings (SSSR count). The number of hydrogen-bond donors (Lipinski definition) is 3. The van der Waals surface area contributed by atoms with E-state index in [2.05, 4.69) is 61.7 Å². The molecule has 51 heavy (non-hydrogen) atoms. The lowest BCUT2D eigenvalue weighted by molar-refractivity contribution is -0.136. The Labute approximate surface area is 297 Å². The highest BCUT2D eigenvalue weighted by Crippen LogP contribution is 2.37. The minimum absolute atomic E-state index is 0.127. The first kappa shape index (κ1) is 33.1. The summed E-state index contributed by atoms with van der Waals surface area (Å²) in [6.07, 6.45) is 10.2. The maximum Gasteiger partial charge on any atom is 0.256 e. The van der Waals surface area contributed by atoms with Gasteiger partial charge < -0.3 is 20.1 Å². The Kier molecular flexibility index (Phi) is 9.06. The number of carbonyl (C=O) groups excluding carboxylic acids is 4. The van der Waals surface area contributed by atoms with Crippen molar-refractivity contribution >= 4 is 46.0 Å². The lowest BCUT2D eigenvalue weighted by Crippen LogP contribution is -2.52. The van der Waals surface area contributed by atoms with Crippen molar-refractivity contribution < 1.29 is 19.2 Å². The van der Waals surface area contributed by atoms with Crippen LogP contribution in [0.4, 0.5) is 11.5 Å². The van der Waals surface area contributed by atoms with Gasteiger partial charge in [0.05, 0.1) is 5.52 Å². The molecule has 1 unspecified atom stereocenters. The molecule has 0 saturated carbocycles.